The number of aromatic nitrogens is 1. The molecular formula is C18H14N2O4S. The Morgan fingerprint density at radius 1 is 1.24 bits per heavy atom. The molecule has 3 atom stereocenters. The second kappa shape index (κ2) is 4.98. The molecule has 7 heteroatoms. The summed E-state index contributed by atoms with van der Waals surface area (Å²) >= 11 is 1.55. The first kappa shape index (κ1) is 14.8. The number of hydrogen-bond donors (Lipinski definition) is 0. The number of hydroxylamine groups is 2. The van der Waals surface area contributed by atoms with E-state index < -0.39 is 17.8 Å². The number of carbonyl (C=O) groups excluding carboxylic acids is 3. The van der Waals surface area contributed by atoms with Gasteiger partial charge < -0.3 is 4.84 Å². The van der Waals surface area contributed by atoms with Crippen molar-refractivity contribution in [3.05, 3.63) is 52.0 Å². The van der Waals surface area contributed by atoms with Crippen molar-refractivity contribution in [3.63, 3.8) is 0 Å². The van der Waals surface area contributed by atoms with Crippen LogP contribution in [0.4, 0.5) is 0 Å². The Hall–Kier alpha value is -2.54. The van der Waals surface area contributed by atoms with E-state index in [-0.39, 0.29) is 28.4 Å². The molecular weight excluding hydrogens is 340 g/mol. The van der Waals surface area contributed by atoms with Crippen LogP contribution >= 0.6 is 11.3 Å². The van der Waals surface area contributed by atoms with E-state index in [0.29, 0.717) is 5.06 Å². The smallest absolute Gasteiger partial charge is 0.329 e. The van der Waals surface area contributed by atoms with Gasteiger partial charge in [0.05, 0.1) is 22.6 Å². The quantitative estimate of drug-likeness (QED) is 0.792. The van der Waals surface area contributed by atoms with Crippen LogP contribution in [0.25, 0.3) is 0 Å². The molecule has 3 saturated carbocycles. The fraction of sp³-hybridized carbons (Fsp3) is 0.333. The second-order valence-electron chi connectivity index (χ2n) is 6.86. The van der Waals surface area contributed by atoms with Gasteiger partial charge in [0.2, 0.25) is 0 Å². The number of thiazole rings is 1. The van der Waals surface area contributed by atoms with Gasteiger partial charge in [0.25, 0.3) is 11.8 Å². The fourth-order valence-corrected chi connectivity index (χ4v) is 5.53. The monoisotopic (exact) mass is 354 g/mol. The van der Waals surface area contributed by atoms with Gasteiger partial charge in [-0.1, -0.05) is 17.2 Å². The summed E-state index contributed by atoms with van der Waals surface area (Å²) in [6.07, 6.45) is 4.63. The highest BCUT2D eigenvalue weighted by molar-refractivity contribution is 7.09. The summed E-state index contributed by atoms with van der Waals surface area (Å²) in [5.41, 5.74) is 2.08. The van der Waals surface area contributed by atoms with Crippen molar-refractivity contribution < 1.29 is 19.2 Å². The molecule has 2 amide bonds. The number of amides is 2. The third-order valence-electron chi connectivity index (χ3n) is 5.77. The van der Waals surface area contributed by atoms with Crippen molar-refractivity contribution in [3.8, 4) is 0 Å². The maximum absolute atomic E-state index is 12.8. The second-order valence-corrected chi connectivity index (χ2v) is 7.75. The predicted octanol–water partition coefficient (Wildman–Crippen LogP) is 2.57. The number of carbonyl (C=O) groups is 3. The summed E-state index contributed by atoms with van der Waals surface area (Å²) in [7, 11) is 0. The third kappa shape index (κ3) is 1.84. The van der Waals surface area contributed by atoms with Crippen LogP contribution < -0.4 is 0 Å². The zero-order valence-corrected chi connectivity index (χ0v) is 14.0. The highest BCUT2D eigenvalue weighted by atomic mass is 32.1. The van der Waals surface area contributed by atoms with Crippen LogP contribution in [-0.4, -0.2) is 27.8 Å². The molecule has 0 spiro atoms. The molecule has 4 aliphatic rings. The Kier molecular flexibility index (Phi) is 2.94. The lowest BCUT2D eigenvalue weighted by Crippen LogP contribution is -2.50. The van der Waals surface area contributed by atoms with Crippen molar-refractivity contribution in [1.29, 1.82) is 0 Å². The van der Waals surface area contributed by atoms with Crippen molar-refractivity contribution in [2.75, 3.05) is 0 Å². The normalized spacial score (nSPS) is 29.5. The van der Waals surface area contributed by atoms with Crippen LogP contribution in [-0.2, 0) is 15.0 Å². The summed E-state index contributed by atoms with van der Waals surface area (Å²) in [5, 5.41) is 0.616. The Morgan fingerprint density at radius 3 is 2.56 bits per heavy atom. The Morgan fingerprint density at radius 2 is 1.96 bits per heavy atom. The molecule has 6 rings (SSSR count). The van der Waals surface area contributed by atoms with Gasteiger partial charge in [0, 0.05) is 16.5 Å². The molecule has 1 aromatic heterocycles. The summed E-state index contributed by atoms with van der Waals surface area (Å²) in [6.45, 7) is 0. The number of benzene rings is 1. The van der Waals surface area contributed by atoms with E-state index in [2.05, 4.69) is 4.98 Å². The van der Waals surface area contributed by atoms with Crippen LogP contribution in [0.15, 0.2) is 36.0 Å². The first-order chi connectivity index (χ1) is 12.1. The SMILES string of the molecule is O=C(ON1C(=O)c2ccccc2C1=O)C1C2CCC1(c1cncs1)C2. The van der Waals surface area contributed by atoms with Gasteiger partial charge >= 0.3 is 5.97 Å². The number of nitrogens with zero attached hydrogens (tertiary/aromatic N) is 2. The zero-order valence-electron chi connectivity index (χ0n) is 13.2. The minimum Gasteiger partial charge on any atom is -0.329 e. The zero-order chi connectivity index (χ0) is 17.2. The Bertz CT molecular complexity index is 871. The summed E-state index contributed by atoms with van der Waals surface area (Å²) in [4.78, 5) is 48.1. The molecule has 126 valence electrons. The molecule has 2 aromatic rings. The van der Waals surface area contributed by atoms with Gasteiger partial charge in [-0.3, -0.25) is 14.6 Å². The lowest BCUT2D eigenvalue weighted by Gasteiger charge is -2.44. The van der Waals surface area contributed by atoms with E-state index in [9.17, 15) is 14.4 Å². The molecule has 6 nitrogen and oxygen atoms in total. The van der Waals surface area contributed by atoms with Crippen molar-refractivity contribution in [2.45, 2.75) is 24.7 Å². The minimum absolute atomic E-state index is 0.235. The molecule has 3 unspecified atom stereocenters. The van der Waals surface area contributed by atoms with E-state index in [1.54, 1.807) is 41.1 Å². The maximum Gasteiger partial charge on any atom is 0.337 e. The molecule has 2 heterocycles. The molecule has 3 fully saturated rings. The number of fused-ring (bicyclic) bond motifs is 2. The topological polar surface area (TPSA) is 76.6 Å². The van der Waals surface area contributed by atoms with E-state index >= 15 is 0 Å². The molecule has 1 aromatic carbocycles. The standard InChI is InChI=1S/C18H14N2O4S/c21-15-11-3-1-2-4-12(11)16(22)20(15)24-17(23)14-10-5-6-18(14,7-10)13-8-19-9-25-13/h1-4,8-10,14H,5-7H2. The van der Waals surface area contributed by atoms with Crippen LogP contribution in [0.1, 0.15) is 44.9 Å². The average molecular weight is 354 g/mol. The van der Waals surface area contributed by atoms with E-state index in [4.69, 9.17) is 4.84 Å². The van der Waals surface area contributed by atoms with E-state index in [0.717, 1.165) is 24.1 Å². The molecule has 3 aliphatic carbocycles. The summed E-state index contributed by atoms with van der Waals surface area (Å²) < 4.78 is 0. The van der Waals surface area contributed by atoms with Gasteiger partial charge in [0.15, 0.2) is 0 Å². The molecule has 0 radical (unpaired) electrons. The van der Waals surface area contributed by atoms with Gasteiger partial charge in [-0.2, -0.15) is 0 Å². The molecule has 0 saturated heterocycles. The van der Waals surface area contributed by atoms with Crippen molar-refractivity contribution >= 4 is 29.1 Å². The third-order valence-corrected chi connectivity index (χ3v) is 6.76. The first-order valence-corrected chi connectivity index (χ1v) is 9.08. The highest BCUT2D eigenvalue weighted by Gasteiger charge is 2.64. The molecule has 1 aliphatic heterocycles. The van der Waals surface area contributed by atoms with Gasteiger partial charge in [0.1, 0.15) is 0 Å². The predicted molar refractivity (Wildman–Crippen MR) is 87.7 cm³/mol. The van der Waals surface area contributed by atoms with E-state index in [1.807, 2.05) is 6.20 Å². The van der Waals surface area contributed by atoms with Crippen LogP contribution in [0.2, 0.25) is 0 Å². The largest absolute Gasteiger partial charge is 0.337 e. The van der Waals surface area contributed by atoms with Crippen LogP contribution in [0.5, 0.6) is 0 Å². The van der Waals surface area contributed by atoms with Crippen LogP contribution in [0, 0.1) is 11.8 Å². The van der Waals surface area contributed by atoms with Gasteiger partial charge in [-0.15, -0.1) is 11.3 Å². The van der Waals surface area contributed by atoms with Crippen molar-refractivity contribution in [2.24, 2.45) is 11.8 Å². The summed E-state index contributed by atoms with van der Waals surface area (Å²) in [5.74, 6) is -1.70. The average Bonchev–Trinajstić information content (AvgIpc) is 3.35. The van der Waals surface area contributed by atoms with Crippen molar-refractivity contribution in [1.82, 2.24) is 10.0 Å². The Balaban J connectivity index is 1.40. The first-order valence-electron chi connectivity index (χ1n) is 8.20. The van der Waals surface area contributed by atoms with E-state index in [1.165, 1.54) is 0 Å². The van der Waals surface area contributed by atoms with Gasteiger partial charge in [-0.05, 0) is 37.3 Å². The lowest BCUT2D eigenvalue weighted by molar-refractivity contribution is -0.182. The lowest BCUT2D eigenvalue weighted by atomic mass is 9.59. The summed E-state index contributed by atoms with van der Waals surface area (Å²) in [6, 6.07) is 6.49. The number of hydrogen-bond acceptors (Lipinski definition) is 6. The fourth-order valence-electron chi connectivity index (χ4n) is 4.63. The minimum atomic E-state index is -0.576. The maximum atomic E-state index is 12.8. The molecule has 0 N–H and O–H groups in total. The molecule has 2 bridgehead atoms. The van der Waals surface area contributed by atoms with Gasteiger partial charge in [-0.25, -0.2) is 4.79 Å². The number of imide groups is 1. The number of rotatable bonds is 3. The highest BCUT2D eigenvalue weighted by Crippen LogP contribution is 2.65. The molecule has 25 heavy (non-hydrogen) atoms. The van der Waals surface area contributed by atoms with Crippen LogP contribution in [0.3, 0.4) is 0 Å². The Labute approximate surface area is 147 Å².